The zero-order valence-corrected chi connectivity index (χ0v) is 18.1. The van der Waals surface area contributed by atoms with Crippen molar-refractivity contribution < 1.29 is 8.42 Å². The Bertz CT molecular complexity index is 1180. The highest BCUT2D eigenvalue weighted by molar-refractivity contribution is 7.92. The lowest BCUT2D eigenvalue weighted by Gasteiger charge is -2.31. The third-order valence-corrected chi connectivity index (χ3v) is 6.97. The number of rotatable bonds is 7. The van der Waals surface area contributed by atoms with E-state index in [0.717, 1.165) is 38.8 Å². The number of sulfonamides is 1. The Balaban J connectivity index is 1.41. The highest BCUT2D eigenvalue weighted by Gasteiger charge is 2.19. The van der Waals surface area contributed by atoms with E-state index in [2.05, 4.69) is 15.7 Å². The monoisotopic (exact) mass is 431 g/mol. The van der Waals surface area contributed by atoms with Crippen LogP contribution < -0.4 is 9.62 Å². The quantitative estimate of drug-likeness (QED) is 0.586. The van der Waals surface area contributed by atoms with Crippen molar-refractivity contribution >= 4 is 21.4 Å². The lowest BCUT2D eigenvalue weighted by Crippen LogP contribution is -2.30. The molecule has 158 valence electrons. The Morgan fingerprint density at radius 3 is 2.52 bits per heavy atom. The van der Waals surface area contributed by atoms with Crippen molar-refractivity contribution in [3.63, 3.8) is 0 Å². The van der Waals surface area contributed by atoms with Gasteiger partial charge in [0.2, 0.25) is 0 Å². The third-order valence-electron chi connectivity index (χ3n) is 5.58. The lowest BCUT2D eigenvalue weighted by molar-refractivity contribution is 0.601. The Kier molecular flexibility index (Phi) is 6.24. The standard InChI is InChI=1S/C25H25N3O2S/c26-19-21-12-10-20(11-13-21)6-4-16-28-17-5-7-22-18-23(14-15-25(22)28)27-31(29,30)24-8-2-1-3-9-24/h1-3,8-15,18,27H,4-7,16-17H2. The van der Waals surface area contributed by atoms with Gasteiger partial charge in [-0.3, -0.25) is 4.72 Å². The summed E-state index contributed by atoms with van der Waals surface area (Å²) >= 11 is 0. The van der Waals surface area contributed by atoms with Crippen LogP contribution in [0.2, 0.25) is 0 Å². The molecule has 6 heteroatoms. The molecule has 0 saturated carbocycles. The van der Waals surface area contributed by atoms with Crippen LogP contribution in [0.5, 0.6) is 0 Å². The average Bonchev–Trinajstić information content (AvgIpc) is 2.80. The van der Waals surface area contributed by atoms with Crippen molar-refractivity contribution in [2.45, 2.75) is 30.6 Å². The number of nitrogens with zero attached hydrogens (tertiary/aromatic N) is 2. The minimum atomic E-state index is -3.59. The number of nitrogens with one attached hydrogen (secondary N) is 1. The minimum Gasteiger partial charge on any atom is -0.371 e. The first kappa shape index (κ1) is 21.0. The molecule has 3 aromatic carbocycles. The normalized spacial score (nSPS) is 13.3. The fourth-order valence-electron chi connectivity index (χ4n) is 4.00. The molecule has 31 heavy (non-hydrogen) atoms. The second-order valence-corrected chi connectivity index (χ2v) is 9.45. The van der Waals surface area contributed by atoms with E-state index in [9.17, 15) is 8.42 Å². The Morgan fingerprint density at radius 1 is 1.00 bits per heavy atom. The zero-order chi connectivity index (χ0) is 21.7. The van der Waals surface area contributed by atoms with Gasteiger partial charge in [0.1, 0.15) is 0 Å². The van der Waals surface area contributed by atoms with Crippen LogP contribution in [0.1, 0.15) is 29.5 Å². The van der Waals surface area contributed by atoms with E-state index >= 15 is 0 Å². The molecule has 0 bridgehead atoms. The number of nitriles is 1. The van der Waals surface area contributed by atoms with Crippen LogP contribution in [0.4, 0.5) is 11.4 Å². The van der Waals surface area contributed by atoms with Crippen LogP contribution in [0.15, 0.2) is 77.7 Å². The average molecular weight is 432 g/mol. The van der Waals surface area contributed by atoms with Gasteiger partial charge in [-0.15, -0.1) is 0 Å². The second-order valence-electron chi connectivity index (χ2n) is 7.76. The number of benzene rings is 3. The van der Waals surface area contributed by atoms with E-state index in [1.54, 1.807) is 30.3 Å². The molecule has 0 spiro atoms. The first-order chi connectivity index (χ1) is 15.0. The second kappa shape index (κ2) is 9.23. The first-order valence-electron chi connectivity index (χ1n) is 10.5. The van der Waals surface area contributed by atoms with Crippen molar-refractivity contribution in [1.82, 2.24) is 0 Å². The van der Waals surface area contributed by atoms with Gasteiger partial charge in [-0.05, 0) is 79.3 Å². The largest absolute Gasteiger partial charge is 0.371 e. The molecule has 4 rings (SSSR count). The van der Waals surface area contributed by atoms with E-state index in [-0.39, 0.29) is 4.90 Å². The van der Waals surface area contributed by atoms with Crippen molar-refractivity contribution in [2.75, 3.05) is 22.7 Å². The van der Waals surface area contributed by atoms with E-state index in [1.807, 2.05) is 42.5 Å². The molecule has 0 aliphatic carbocycles. The van der Waals surface area contributed by atoms with Gasteiger partial charge in [-0.2, -0.15) is 5.26 Å². The van der Waals surface area contributed by atoms with Crippen LogP contribution in [-0.2, 0) is 22.9 Å². The van der Waals surface area contributed by atoms with Gasteiger partial charge in [-0.25, -0.2) is 8.42 Å². The summed E-state index contributed by atoms with van der Waals surface area (Å²) in [6.07, 6.45) is 3.99. The molecule has 1 aliphatic rings. The molecule has 0 atom stereocenters. The third kappa shape index (κ3) is 5.07. The minimum absolute atomic E-state index is 0.261. The van der Waals surface area contributed by atoms with Gasteiger partial charge in [0.15, 0.2) is 0 Å². The van der Waals surface area contributed by atoms with Gasteiger partial charge in [0.05, 0.1) is 16.5 Å². The zero-order valence-electron chi connectivity index (χ0n) is 17.3. The predicted molar refractivity (Wildman–Crippen MR) is 124 cm³/mol. The molecule has 0 radical (unpaired) electrons. The maximum absolute atomic E-state index is 12.6. The topological polar surface area (TPSA) is 73.2 Å². The van der Waals surface area contributed by atoms with Crippen LogP contribution in [0.25, 0.3) is 0 Å². The fraction of sp³-hybridized carbons (Fsp3) is 0.240. The van der Waals surface area contributed by atoms with Crippen molar-refractivity contribution in [2.24, 2.45) is 0 Å². The molecular formula is C25H25N3O2S. The van der Waals surface area contributed by atoms with Gasteiger partial charge < -0.3 is 4.90 Å². The molecular weight excluding hydrogens is 406 g/mol. The Hall–Kier alpha value is -3.30. The molecule has 0 fully saturated rings. The van der Waals surface area contributed by atoms with Gasteiger partial charge in [-0.1, -0.05) is 30.3 Å². The highest BCUT2D eigenvalue weighted by Crippen LogP contribution is 2.30. The summed E-state index contributed by atoms with van der Waals surface area (Å²) < 4.78 is 27.9. The molecule has 0 amide bonds. The number of fused-ring (bicyclic) bond motifs is 1. The van der Waals surface area contributed by atoms with Crippen molar-refractivity contribution in [3.05, 3.63) is 89.5 Å². The SMILES string of the molecule is N#Cc1ccc(CCCN2CCCc3cc(NS(=O)(=O)c4ccccc4)ccc32)cc1. The summed E-state index contributed by atoms with van der Waals surface area (Å²) in [7, 11) is -3.59. The molecule has 3 aromatic rings. The maximum Gasteiger partial charge on any atom is 0.261 e. The summed E-state index contributed by atoms with van der Waals surface area (Å²) in [5.74, 6) is 0. The predicted octanol–water partition coefficient (Wildman–Crippen LogP) is 4.74. The van der Waals surface area contributed by atoms with E-state index in [0.29, 0.717) is 11.3 Å². The van der Waals surface area contributed by atoms with E-state index in [4.69, 9.17) is 5.26 Å². The summed E-state index contributed by atoms with van der Waals surface area (Å²) in [6, 6.07) is 24.2. The molecule has 0 unspecified atom stereocenters. The molecule has 1 heterocycles. The number of hydrogen-bond donors (Lipinski definition) is 1. The molecule has 5 nitrogen and oxygen atoms in total. The summed E-state index contributed by atoms with van der Waals surface area (Å²) in [6.45, 7) is 1.96. The van der Waals surface area contributed by atoms with Gasteiger partial charge in [0.25, 0.3) is 10.0 Å². The van der Waals surface area contributed by atoms with Crippen molar-refractivity contribution in [1.29, 1.82) is 5.26 Å². The number of hydrogen-bond acceptors (Lipinski definition) is 4. The van der Waals surface area contributed by atoms with Crippen LogP contribution in [-0.4, -0.2) is 21.5 Å². The van der Waals surface area contributed by atoms with Crippen LogP contribution in [0.3, 0.4) is 0 Å². The Morgan fingerprint density at radius 2 is 1.77 bits per heavy atom. The molecule has 1 N–H and O–H groups in total. The highest BCUT2D eigenvalue weighted by atomic mass is 32.2. The summed E-state index contributed by atoms with van der Waals surface area (Å²) in [4.78, 5) is 2.65. The smallest absolute Gasteiger partial charge is 0.261 e. The maximum atomic E-state index is 12.6. The summed E-state index contributed by atoms with van der Waals surface area (Å²) in [5, 5.41) is 8.91. The Labute approximate surface area is 184 Å². The van der Waals surface area contributed by atoms with E-state index in [1.165, 1.54) is 16.8 Å². The fourth-order valence-corrected chi connectivity index (χ4v) is 5.08. The van der Waals surface area contributed by atoms with E-state index < -0.39 is 10.0 Å². The van der Waals surface area contributed by atoms with Crippen molar-refractivity contribution in [3.8, 4) is 6.07 Å². The number of anilines is 2. The molecule has 0 saturated heterocycles. The lowest BCUT2D eigenvalue weighted by atomic mass is 10.0. The number of aryl methyl sites for hydroxylation is 2. The van der Waals surface area contributed by atoms with Gasteiger partial charge >= 0.3 is 0 Å². The summed E-state index contributed by atoms with van der Waals surface area (Å²) in [5.41, 5.74) is 4.89. The molecule has 1 aliphatic heterocycles. The van der Waals surface area contributed by atoms with Crippen LogP contribution >= 0.6 is 0 Å². The first-order valence-corrected chi connectivity index (χ1v) is 12.0. The van der Waals surface area contributed by atoms with Crippen LogP contribution in [0, 0.1) is 11.3 Å². The molecule has 0 aromatic heterocycles. The van der Waals surface area contributed by atoms with Gasteiger partial charge in [0, 0.05) is 24.5 Å².